The van der Waals surface area contributed by atoms with Gasteiger partial charge in [0.2, 0.25) is 0 Å². The molecule has 23 heavy (non-hydrogen) atoms. The highest BCUT2D eigenvalue weighted by atomic mass is 35.5. The summed E-state index contributed by atoms with van der Waals surface area (Å²) in [5.41, 5.74) is 3.26. The Morgan fingerprint density at radius 1 is 1.09 bits per heavy atom. The highest BCUT2D eigenvalue weighted by Gasteiger charge is 2.20. The number of nitrogens with one attached hydrogen (secondary N) is 1. The van der Waals surface area contributed by atoms with Gasteiger partial charge in [-0.3, -0.25) is 4.79 Å². The summed E-state index contributed by atoms with van der Waals surface area (Å²) in [5, 5.41) is 5.75. The van der Waals surface area contributed by atoms with E-state index in [9.17, 15) is 4.79 Å². The van der Waals surface area contributed by atoms with Crippen molar-refractivity contribution in [1.29, 1.82) is 0 Å². The van der Waals surface area contributed by atoms with E-state index in [0.717, 1.165) is 22.7 Å². The molecule has 2 aromatic rings. The number of hydrogen-bond acceptors (Lipinski definition) is 1. The Balaban J connectivity index is 1.92. The van der Waals surface area contributed by atoms with Gasteiger partial charge in [-0.05, 0) is 50.1 Å². The van der Waals surface area contributed by atoms with Crippen LogP contribution in [0.3, 0.4) is 0 Å². The third-order valence-electron chi connectivity index (χ3n) is 4.02. The third-order valence-corrected chi connectivity index (χ3v) is 4.27. The number of halogens is 1. The van der Waals surface area contributed by atoms with E-state index in [2.05, 4.69) is 24.5 Å². The van der Waals surface area contributed by atoms with Gasteiger partial charge in [0.1, 0.15) is 6.04 Å². The van der Waals surface area contributed by atoms with Crippen LogP contribution in [-0.4, -0.2) is 11.9 Å². The highest BCUT2D eigenvalue weighted by Crippen LogP contribution is 2.14. The second kappa shape index (κ2) is 8.14. The molecular weight excluding hydrogens is 308 g/mol. The number of nitrogens with two attached hydrogens (primary N) is 1. The highest BCUT2D eigenvalue weighted by molar-refractivity contribution is 6.30. The molecule has 2 aromatic carbocycles. The molecule has 4 heteroatoms. The standard InChI is InChI=1S/C19H23ClN2O/c1-4-15-5-11-18(12-6-15)22-19(23)14(3)21-13(2)16-7-9-17(20)10-8-16/h5-14,21H,4H2,1-3H3,(H,22,23)/p+1/t13-,14-/m1/s1. The summed E-state index contributed by atoms with van der Waals surface area (Å²) in [6.45, 7) is 6.12. The van der Waals surface area contributed by atoms with Gasteiger partial charge in [0, 0.05) is 16.3 Å². The number of carbonyl (C=O) groups excluding carboxylic acids is 1. The van der Waals surface area contributed by atoms with Crippen molar-refractivity contribution in [1.82, 2.24) is 0 Å². The zero-order chi connectivity index (χ0) is 16.8. The molecule has 0 aliphatic rings. The lowest BCUT2D eigenvalue weighted by molar-refractivity contribution is -0.709. The quantitative estimate of drug-likeness (QED) is 0.835. The molecule has 0 spiro atoms. The Bertz CT molecular complexity index is 637. The van der Waals surface area contributed by atoms with Crippen molar-refractivity contribution in [2.45, 2.75) is 39.3 Å². The van der Waals surface area contributed by atoms with Crippen LogP contribution in [0.25, 0.3) is 0 Å². The Kier molecular flexibility index (Phi) is 6.20. The van der Waals surface area contributed by atoms with Crippen LogP contribution in [0.1, 0.15) is 37.9 Å². The lowest BCUT2D eigenvalue weighted by Crippen LogP contribution is -2.91. The van der Waals surface area contributed by atoms with Crippen molar-refractivity contribution >= 4 is 23.2 Å². The zero-order valence-corrected chi connectivity index (χ0v) is 14.6. The van der Waals surface area contributed by atoms with Gasteiger partial charge in [0.25, 0.3) is 5.91 Å². The van der Waals surface area contributed by atoms with E-state index in [0.29, 0.717) is 0 Å². The second-order valence-electron chi connectivity index (χ2n) is 5.86. The molecule has 0 radical (unpaired) electrons. The van der Waals surface area contributed by atoms with Crippen LogP contribution in [0.4, 0.5) is 5.69 Å². The molecule has 3 N–H and O–H groups in total. The minimum absolute atomic E-state index is 0.00932. The SMILES string of the molecule is CCc1ccc(NC(=O)[C@@H](C)[NH2+][C@H](C)c2ccc(Cl)cc2)cc1. The summed E-state index contributed by atoms with van der Waals surface area (Å²) in [6, 6.07) is 15.7. The van der Waals surface area contributed by atoms with E-state index in [1.807, 2.05) is 55.5 Å². The second-order valence-corrected chi connectivity index (χ2v) is 6.30. The fourth-order valence-electron chi connectivity index (χ4n) is 2.48. The molecule has 0 aromatic heterocycles. The number of hydrogen-bond donors (Lipinski definition) is 2. The predicted molar refractivity (Wildman–Crippen MR) is 95.7 cm³/mol. The van der Waals surface area contributed by atoms with Crippen LogP contribution in [0.15, 0.2) is 48.5 Å². The van der Waals surface area contributed by atoms with Crippen LogP contribution >= 0.6 is 11.6 Å². The van der Waals surface area contributed by atoms with Crippen LogP contribution in [-0.2, 0) is 11.2 Å². The number of quaternary nitrogens is 1. The van der Waals surface area contributed by atoms with Gasteiger partial charge in [-0.25, -0.2) is 0 Å². The molecule has 0 aliphatic carbocycles. The topological polar surface area (TPSA) is 45.7 Å². The monoisotopic (exact) mass is 331 g/mol. The molecule has 0 bridgehead atoms. The molecule has 0 heterocycles. The number of benzene rings is 2. The summed E-state index contributed by atoms with van der Waals surface area (Å²) in [4.78, 5) is 12.3. The van der Waals surface area contributed by atoms with Gasteiger partial charge in [-0.15, -0.1) is 0 Å². The minimum atomic E-state index is -0.175. The molecular formula is C19H24ClN2O+. The van der Waals surface area contributed by atoms with Gasteiger partial charge in [-0.2, -0.15) is 0 Å². The molecule has 0 saturated carbocycles. The Morgan fingerprint density at radius 3 is 2.26 bits per heavy atom. The average Bonchev–Trinajstić information content (AvgIpc) is 2.56. The number of anilines is 1. The fourth-order valence-corrected chi connectivity index (χ4v) is 2.60. The van der Waals surface area contributed by atoms with Gasteiger partial charge in [-0.1, -0.05) is 42.8 Å². The Labute approximate surface area is 143 Å². The molecule has 2 rings (SSSR count). The van der Waals surface area contributed by atoms with Gasteiger partial charge in [0.05, 0.1) is 0 Å². The third kappa shape index (κ3) is 5.08. The first-order valence-electron chi connectivity index (χ1n) is 8.00. The average molecular weight is 332 g/mol. The summed E-state index contributed by atoms with van der Waals surface area (Å²) < 4.78 is 0. The van der Waals surface area contributed by atoms with Crippen LogP contribution in [0, 0.1) is 0 Å². The zero-order valence-electron chi connectivity index (χ0n) is 13.8. The largest absolute Gasteiger partial charge is 0.330 e. The number of aryl methyl sites for hydroxylation is 1. The van der Waals surface area contributed by atoms with Crippen molar-refractivity contribution in [3.8, 4) is 0 Å². The maximum Gasteiger partial charge on any atom is 0.282 e. The van der Waals surface area contributed by atoms with E-state index in [1.165, 1.54) is 5.56 Å². The summed E-state index contributed by atoms with van der Waals surface area (Å²) in [5.74, 6) is 0.00932. The Morgan fingerprint density at radius 2 is 1.70 bits per heavy atom. The van der Waals surface area contributed by atoms with Crippen LogP contribution in [0.5, 0.6) is 0 Å². The van der Waals surface area contributed by atoms with Crippen LogP contribution < -0.4 is 10.6 Å². The lowest BCUT2D eigenvalue weighted by atomic mass is 10.1. The molecule has 3 nitrogen and oxygen atoms in total. The molecule has 0 unspecified atom stereocenters. The molecule has 0 saturated heterocycles. The summed E-state index contributed by atoms with van der Waals surface area (Å²) in [6.07, 6.45) is 0.997. The lowest BCUT2D eigenvalue weighted by Gasteiger charge is -2.17. The van der Waals surface area contributed by atoms with Crippen molar-refractivity contribution in [3.63, 3.8) is 0 Å². The van der Waals surface area contributed by atoms with E-state index in [1.54, 1.807) is 0 Å². The molecule has 0 aliphatic heterocycles. The molecule has 0 fully saturated rings. The Hall–Kier alpha value is -1.84. The van der Waals surface area contributed by atoms with Crippen molar-refractivity contribution in [3.05, 3.63) is 64.7 Å². The minimum Gasteiger partial charge on any atom is -0.330 e. The van der Waals surface area contributed by atoms with E-state index in [-0.39, 0.29) is 18.0 Å². The van der Waals surface area contributed by atoms with Crippen molar-refractivity contribution in [2.24, 2.45) is 0 Å². The fraction of sp³-hybridized carbons (Fsp3) is 0.316. The van der Waals surface area contributed by atoms with E-state index < -0.39 is 0 Å². The van der Waals surface area contributed by atoms with Crippen molar-refractivity contribution < 1.29 is 10.1 Å². The van der Waals surface area contributed by atoms with Crippen molar-refractivity contribution in [2.75, 3.05) is 5.32 Å². The first-order chi connectivity index (χ1) is 11.0. The normalized spacial score (nSPS) is 13.4. The number of amides is 1. The smallest absolute Gasteiger partial charge is 0.282 e. The first kappa shape index (κ1) is 17.5. The van der Waals surface area contributed by atoms with E-state index >= 15 is 0 Å². The first-order valence-corrected chi connectivity index (χ1v) is 8.37. The number of carbonyl (C=O) groups is 1. The van der Waals surface area contributed by atoms with Crippen LogP contribution in [0.2, 0.25) is 5.02 Å². The predicted octanol–water partition coefficient (Wildman–Crippen LogP) is 3.55. The van der Waals surface area contributed by atoms with E-state index in [4.69, 9.17) is 11.6 Å². The number of rotatable bonds is 6. The summed E-state index contributed by atoms with van der Waals surface area (Å²) >= 11 is 5.91. The molecule has 1 amide bonds. The molecule has 122 valence electrons. The maximum atomic E-state index is 12.3. The molecule has 2 atom stereocenters. The van der Waals surface area contributed by atoms with Gasteiger partial charge in [0.15, 0.2) is 6.04 Å². The van der Waals surface area contributed by atoms with Gasteiger partial charge < -0.3 is 10.6 Å². The van der Waals surface area contributed by atoms with Gasteiger partial charge >= 0.3 is 0 Å². The summed E-state index contributed by atoms with van der Waals surface area (Å²) in [7, 11) is 0. The maximum absolute atomic E-state index is 12.3.